The molecule has 3 aromatic rings. The van der Waals surface area contributed by atoms with E-state index in [0.717, 1.165) is 31.2 Å². The molecule has 0 saturated carbocycles. The Bertz CT molecular complexity index is 1310. The number of benzene rings is 1. The smallest absolute Gasteiger partial charge is 0.418 e. The van der Waals surface area contributed by atoms with E-state index in [9.17, 15) is 14.0 Å². The third-order valence-electron chi connectivity index (χ3n) is 5.99. The van der Waals surface area contributed by atoms with E-state index in [2.05, 4.69) is 10.3 Å². The number of hydrogen-bond acceptors (Lipinski definition) is 7. The van der Waals surface area contributed by atoms with Crippen LogP contribution in [0, 0.1) is 6.92 Å². The monoisotopic (exact) mass is 503 g/mol. The molecule has 2 amide bonds. The Morgan fingerprint density at radius 1 is 1.29 bits per heavy atom. The lowest BCUT2D eigenvalue weighted by Gasteiger charge is -2.20. The van der Waals surface area contributed by atoms with Crippen LogP contribution >= 0.6 is 22.9 Å². The van der Waals surface area contributed by atoms with Crippen molar-refractivity contribution in [2.24, 2.45) is 0 Å². The van der Waals surface area contributed by atoms with Crippen LogP contribution in [0.5, 0.6) is 5.75 Å². The fourth-order valence-electron chi connectivity index (χ4n) is 4.27. The number of thiophene rings is 1. The first-order chi connectivity index (χ1) is 16.1. The summed E-state index contributed by atoms with van der Waals surface area (Å²) >= 11 is 7.82. The number of cyclic esters (lactones) is 1. The van der Waals surface area contributed by atoms with Crippen molar-refractivity contribution in [1.82, 2.24) is 15.2 Å². The van der Waals surface area contributed by atoms with Crippen molar-refractivity contribution in [2.75, 3.05) is 13.1 Å². The van der Waals surface area contributed by atoms with Crippen molar-refractivity contribution in [3.63, 3.8) is 0 Å². The molecule has 2 aromatic heterocycles. The molecule has 10 heteroatoms. The number of hydrogen-bond donors (Lipinski definition) is 1. The van der Waals surface area contributed by atoms with E-state index >= 15 is 0 Å². The highest BCUT2D eigenvalue weighted by molar-refractivity contribution is 7.19. The Morgan fingerprint density at radius 3 is 2.76 bits per heavy atom. The predicted molar refractivity (Wildman–Crippen MR) is 128 cm³/mol. The van der Waals surface area contributed by atoms with E-state index in [1.807, 2.05) is 19.1 Å². The highest BCUT2D eigenvalue weighted by Gasteiger charge is 2.47. The van der Waals surface area contributed by atoms with Gasteiger partial charge in [-0.25, -0.2) is 14.1 Å². The van der Waals surface area contributed by atoms with Gasteiger partial charge in [-0.05, 0) is 50.6 Å². The number of rotatable bonds is 5. The second kappa shape index (κ2) is 8.48. The van der Waals surface area contributed by atoms with E-state index in [1.54, 1.807) is 32.2 Å². The number of fused-ring (bicyclic) bond motifs is 1. The number of carbonyl (C=O) groups excluding carboxylic acids is 2. The summed E-state index contributed by atoms with van der Waals surface area (Å²) in [6.07, 6.45) is -0.671. The van der Waals surface area contributed by atoms with Gasteiger partial charge >= 0.3 is 6.09 Å². The molecule has 0 bridgehead atoms. The Morgan fingerprint density at radius 2 is 2.09 bits per heavy atom. The van der Waals surface area contributed by atoms with Gasteiger partial charge in [0.25, 0.3) is 5.91 Å². The zero-order valence-electron chi connectivity index (χ0n) is 18.9. The number of carbonyl (C=O) groups is 2. The topological polar surface area (TPSA) is 80.8 Å². The van der Waals surface area contributed by atoms with Crippen LogP contribution < -0.4 is 10.1 Å². The Balaban J connectivity index is 1.55. The van der Waals surface area contributed by atoms with Gasteiger partial charge in [0.1, 0.15) is 11.9 Å². The van der Waals surface area contributed by atoms with E-state index in [-0.39, 0.29) is 19.0 Å². The number of imide groups is 1. The van der Waals surface area contributed by atoms with Crippen LogP contribution in [0.4, 0.5) is 9.18 Å². The number of aryl methyl sites for hydroxylation is 1. The van der Waals surface area contributed by atoms with Crippen molar-refractivity contribution in [2.45, 2.75) is 45.2 Å². The number of ether oxygens (including phenoxy) is 2. The van der Waals surface area contributed by atoms with Crippen LogP contribution in [-0.4, -0.2) is 52.9 Å². The standard InChI is InChI=1S/C24H23ClFN3O4S/c1-12-6-13(25)7-16(20(12)32-19-10-27-9-17(19)26)15-4-5-28-18-8-14(34-21(15)18)11-29-22(30)24(2,3)33-23(29)31/h4-8,17,19,27H,9-11H2,1-3H3/t17-,19+/m0/s1. The summed E-state index contributed by atoms with van der Waals surface area (Å²) < 4.78 is 26.5. The SMILES string of the molecule is Cc1cc(Cl)cc(-c2ccnc3cc(CN4C(=O)OC(C)(C)C4=O)sc23)c1O[C@@H]1CNC[C@@H]1F. The molecular weight excluding hydrogens is 481 g/mol. The number of aromatic nitrogens is 1. The van der Waals surface area contributed by atoms with Crippen molar-refractivity contribution < 1.29 is 23.5 Å². The molecule has 2 fully saturated rings. The lowest BCUT2D eigenvalue weighted by molar-refractivity contribution is -0.134. The average molecular weight is 504 g/mol. The highest BCUT2D eigenvalue weighted by Crippen LogP contribution is 2.42. The number of pyridine rings is 1. The van der Waals surface area contributed by atoms with Crippen molar-refractivity contribution >= 4 is 45.2 Å². The Labute approximate surface area is 204 Å². The molecule has 34 heavy (non-hydrogen) atoms. The van der Waals surface area contributed by atoms with Crippen molar-refractivity contribution in [1.29, 1.82) is 0 Å². The molecule has 0 spiro atoms. The summed E-state index contributed by atoms with van der Waals surface area (Å²) in [4.78, 5) is 31.1. The number of nitrogens with zero attached hydrogens (tertiary/aromatic N) is 2. The minimum Gasteiger partial charge on any atom is -0.485 e. The summed E-state index contributed by atoms with van der Waals surface area (Å²) in [5.41, 5.74) is 1.91. The summed E-state index contributed by atoms with van der Waals surface area (Å²) in [6, 6.07) is 7.31. The molecule has 4 heterocycles. The van der Waals surface area contributed by atoms with Crippen LogP contribution in [0.1, 0.15) is 24.3 Å². The number of nitrogens with one attached hydrogen (secondary N) is 1. The zero-order chi connectivity index (χ0) is 24.2. The van der Waals surface area contributed by atoms with Crippen LogP contribution in [0.3, 0.4) is 0 Å². The van der Waals surface area contributed by atoms with E-state index in [4.69, 9.17) is 21.1 Å². The predicted octanol–water partition coefficient (Wildman–Crippen LogP) is 4.87. The fraction of sp³-hybridized carbons (Fsp3) is 0.375. The number of halogens is 2. The molecule has 1 N–H and O–H groups in total. The molecule has 5 rings (SSSR count). The molecule has 0 aliphatic carbocycles. The van der Waals surface area contributed by atoms with Crippen LogP contribution in [0.2, 0.25) is 5.02 Å². The minimum atomic E-state index is -1.18. The maximum Gasteiger partial charge on any atom is 0.418 e. The van der Waals surface area contributed by atoms with E-state index in [0.29, 0.717) is 22.8 Å². The lowest BCUT2D eigenvalue weighted by Crippen LogP contribution is -2.35. The van der Waals surface area contributed by atoms with Gasteiger partial charge in [-0.3, -0.25) is 9.78 Å². The molecule has 2 aliphatic rings. The summed E-state index contributed by atoms with van der Waals surface area (Å²) in [5.74, 6) is 0.193. The molecular formula is C24H23ClFN3O4S. The second-order valence-electron chi connectivity index (χ2n) is 8.99. The Hall–Kier alpha value is -2.75. The quantitative estimate of drug-likeness (QED) is 0.535. The Kier molecular flexibility index (Phi) is 5.74. The van der Waals surface area contributed by atoms with E-state index < -0.39 is 24.0 Å². The van der Waals surface area contributed by atoms with Gasteiger partial charge in [-0.1, -0.05) is 11.6 Å². The molecule has 2 saturated heterocycles. The van der Waals surface area contributed by atoms with Crippen LogP contribution in [0.15, 0.2) is 30.5 Å². The first kappa shape index (κ1) is 23.0. The molecule has 2 atom stereocenters. The first-order valence-corrected chi connectivity index (χ1v) is 12.1. The van der Waals surface area contributed by atoms with Gasteiger partial charge in [0, 0.05) is 40.3 Å². The van der Waals surface area contributed by atoms with E-state index in [1.165, 1.54) is 11.3 Å². The maximum atomic E-state index is 14.3. The van der Waals surface area contributed by atoms with Crippen LogP contribution in [-0.2, 0) is 16.1 Å². The third-order valence-corrected chi connectivity index (χ3v) is 7.35. The molecule has 0 radical (unpaired) electrons. The van der Waals surface area contributed by atoms with Gasteiger partial charge in [-0.2, -0.15) is 0 Å². The largest absolute Gasteiger partial charge is 0.485 e. The van der Waals surface area contributed by atoms with Gasteiger partial charge in [-0.15, -0.1) is 11.3 Å². The van der Waals surface area contributed by atoms with Crippen molar-refractivity contribution in [3.05, 3.63) is 45.9 Å². The number of alkyl halides is 1. The average Bonchev–Trinajstić information content (AvgIpc) is 3.42. The first-order valence-electron chi connectivity index (χ1n) is 10.9. The van der Waals surface area contributed by atoms with Gasteiger partial charge in [0.05, 0.1) is 16.8 Å². The molecule has 7 nitrogen and oxygen atoms in total. The van der Waals surface area contributed by atoms with Gasteiger partial charge < -0.3 is 14.8 Å². The van der Waals surface area contributed by atoms with Gasteiger partial charge in [0.15, 0.2) is 11.8 Å². The molecule has 178 valence electrons. The highest BCUT2D eigenvalue weighted by atomic mass is 35.5. The van der Waals surface area contributed by atoms with Crippen molar-refractivity contribution in [3.8, 4) is 16.9 Å². The normalized spacial score (nSPS) is 22.0. The zero-order valence-corrected chi connectivity index (χ0v) is 20.4. The molecule has 1 aromatic carbocycles. The van der Waals surface area contributed by atoms with Gasteiger partial charge in [0.2, 0.25) is 0 Å². The fourth-order valence-corrected chi connectivity index (χ4v) is 5.67. The van der Waals surface area contributed by atoms with Crippen LogP contribution in [0.25, 0.3) is 21.3 Å². The molecule has 2 aliphatic heterocycles. The number of amides is 2. The summed E-state index contributed by atoms with van der Waals surface area (Å²) in [6.45, 7) is 5.80. The third kappa shape index (κ3) is 4.01. The summed E-state index contributed by atoms with van der Waals surface area (Å²) in [5, 5.41) is 3.55. The summed E-state index contributed by atoms with van der Waals surface area (Å²) in [7, 11) is 0. The lowest BCUT2D eigenvalue weighted by atomic mass is 10.0. The minimum absolute atomic E-state index is 0.0940. The second-order valence-corrected chi connectivity index (χ2v) is 10.6. The maximum absolute atomic E-state index is 14.3. The molecule has 0 unspecified atom stereocenters.